The molecule has 0 saturated carbocycles. The lowest BCUT2D eigenvalue weighted by Crippen LogP contribution is -2.36. The number of nitrogens with zero attached hydrogens (tertiary/aromatic N) is 2. The number of hydrogen-bond acceptors (Lipinski definition) is 3. The van der Waals surface area contributed by atoms with Crippen LogP contribution in [-0.2, 0) is 12.7 Å². The first-order valence-electron chi connectivity index (χ1n) is 6.15. The Morgan fingerprint density at radius 2 is 1.95 bits per heavy atom. The first kappa shape index (κ1) is 15.9. The Kier molecular flexibility index (Phi) is 5.31. The van der Waals surface area contributed by atoms with Crippen molar-refractivity contribution >= 4 is 0 Å². The van der Waals surface area contributed by atoms with E-state index in [2.05, 4.69) is 4.98 Å². The van der Waals surface area contributed by atoms with Crippen molar-refractivity contribution < 1.29 is 18.3 Å². The average Bonchev–Trinajstić information content (AvgIpc) is 2.26. The van der Waals surface area contributed by atoms with E-state index in [1.807, 2.05) is 13.8 Å². The number of pyridine rings is 1. The Bertz CT molecular complexity index is 405. The van der Waals surface area contributed by atoms with Gasteiger partial charge in [0.25, 0.3) is 0 Å². The fourth-order valence-corrected chi connectivity index (χ4v) is 1.81. The smallest absolute Gasteiger partial charge is 0.392 e. The number of aliphatic hydroxyl groups is 1. The summed E-state index contributed by atoms with van der Waals surface area (Å²) in [5.41, 5.74) is -0.726. The molecule has 0 aliphatic carbocycles. The van der Waals surface area contributed by atoms with Gasteiger partial charge in [-0.2, -0.15) is 13.2 Å². The van der Waals surface area contributed by atoms with E-state index in [4.69, 9.17) is 0 Å². The van der Waals surface area contributed by atoms with Crippen LogP contribution in [0.1, 0.15) is 32.0 Å². The summed E-state index contributed by atoms with van der Waals surface area (Å²) in [6.07, 6.45) is -3.65. The van der Waals surface area contributed by atoms with E-state index in [0.717, 1.165) is 6.07 Å². The third-order valence-electron chi connectivity index (χ3n) is 2.78. The molecule has 0 aliphatic rings. The summed E-state index contributed by atoms with van der Waals surface area (Å²) < 4.78 is 38.6. The minimum Gasteiger partial charge on any atom is -0.392 e. The van der Waals surface area contributed by atoms with Crippen LogP contribution < -0.4 is 0 Å². The second-order valence-electron chi connectivity index (χ2n) is 4.87. The third-order valence-corrected chi connectivity index (χ3v) is 2.78. The maximum Gasteiger partial charge on any atom is 0.418 e. The van der Waals surface area contributed by atoms with Crippen molar-refractivity contribution in [1.29, 1.82) is 0 Å². The van der Waals surface area contributed by atoms with E-state index in [9.17, 15) is 18.3 Å². The SMILES string of the molecule is CC(O)CN(Cc1ncccc1C(F)(F)F)C(C)C. The van der Waals surface area contributed by atoms with Crippen molar-refractivity contribution in [3.05, 3.63) is 29.6 Å². The molecule has 0 bridgehead atoms. The summed E-state index contributed by atoms with van der Waals surface area (Å²) >= 11 is 0. The fraction of sp³-hybridized carbons (Fsp3) is 0.615. The van der Waals surface area contributed by atoms with Gasteiger partial charge in [0.15, 0.2) is 0 Å². The third kappa shape index (κ3) is 4.80. The Morgan fingerprint density at radius 3 is 2.42 bits per heavy atom. The van der Waals surface area contributed by atoms with Crippen molar-refractivity contribution in [2.75, 3.05) is 6.54 Å². The molecule has 0 aromatic carbocycles. The average molecular weight is 276 g/mol. The molecule has 0 aliphatic heterocycles. The van der Waals surface area contributed by atoms with Gasteiger partial charge < -0.3 is 5.11 Å². The topological polar surface area (TPSA) is 36.4 Å². The first-order chi connectivity index (χ1) is 8.71. The van der Waals surface area contributed by atoms with Gasteiger partial charge in [-0.25, -0.2) is 0 Å². The molecule has 0 spiro atoms. The van der Waals surface area contributed by atoms with Crippen LogP contribution in [0.2, 0.25) is 0 Å². The van der Waals surface area contributed by atoms with Gasteiger partial charge in [-0.15, -0.1) is 0 Å². The van der Waals surface area contributed by atoms with Crippen LogP contribution >= 0.6 is 0 Å². The van der Waals surface area contributed by atoms with E-state index in [1.165, 1.54) is 12.3 Å². The van der Waals surface area contributed by atoms with Gasteiger partial charge in [-0.1, -0.05) is 0 Å². The molecule has 0 amide bonds. The zero-order valence-corrected chi connectivity index (χ0v) is 11.3. The maximum absolute atomic E-state index is 12.9. The van der Waals surface area contributed by atoms with Crippen molar-refractivity contribution in [3.8, 4) is 0 Å². The molecule has 1 N–H and O–H groups in total. The lowest BCUT2D eigenvalue weighted by molar-refractivity contribution is -0.138. The van der Waals surface area contributed by atoms with Crippen molar-refractivity contribution in [2.24, 2.45) is 0 Å². The standard InChI is InChI=1S/C13H19F3N2O/c1-9(2)18(7-10(3)19)8-12-11(13(14,15)16)5-4-6-17-12/h4-6,9-10,19H,7-8H2,1-3H3. The van der Waals surface area contributed by atoms with Crippen molar-refractivity contribution in [1.82, 2.24) is 9.88 Å². The van der Waals surface area contributed by atoms with Crippen molar-refractivity contribution in [2.45, 2.75) is 45.6 Å². The molecule has 1 atom stereocenters. The van der Waals surface area contributed by atoms with Crippen LogP contribution in [0.25, 0.3) is 0 Å². The Hall–Kier alpha value is -1.14. The zero-order valence-electron chi connectivity index (χ0n) is 11.3. The number of aromatic nitrogens is 1. The van der Waals surface area contributed by atoms with E-state index < -0.39 is 17.8 Å². The normalized spacial score (nSPS) is 14.2. The molecule has 0 fully saturated rings. The molecule has 1 aromatic heterocycles. The fourth-order valence-electron chi connectivity index (χ4n) is 1.81. The van der Waals surface area contributed by atoms with E-state index in [0.29, 0.717) is 6.54 Å². The molecule has 0 radical (unpaired) electrons. The van der Waals surface area contributed by atoms with Gasteiger partial charge in [0.05, 0.1) is 17.4 Å². The van der Waals surface area contributed by atoms with Crippen molar-refractivity contribution in [3.63, 3.8) is 0 Å². The Balaban J connectivity index is 2.97. The summed E-state index contributed by atoms with van der Waals surface area (Å²) in [7, 11) is 0. The largest absolute Gasteiger partial charge is 0.418 e. The molecular formula is C13H19F3N2O. The van der Waals surface area contributed by atoms with Gasteiger partial charge in [0, 0.05) is 25.3 Å². The van der Waals surface area contributed by atoms with Gasteiger partial charge in [-0.05, 0) is 32.9 Å². The molecule has 1 unspecified atom stereocenters. The minimum atomic E-state index is -4.41. The van der Waals surface area contributed by atoms with Gasteiger partial charge in [-0.3, -0.25) is 9.88 Å². The summed E-state index contributed by atoms with van der Waals surface area (Å²) in [5.74, 6) is 0. The Morgan fingerprint density at radius 1 is 1.32 bits per heavy atom. The highest BCUT2D eigenvalue weighted by Gasteiger charge is 2.34. The highest BCUT2D eigenvalue weighted by atomic mass is 19.4. The van der Waals surface area contributed by atoms with Crippen LogP contribution in [0.5, 0.6) is 0 Å². The molecule has 1 aromatic rings. The van der Waals surface area contributed by atoms with E-state index >= 15 is 0 Å². The van der Waals surface area contributed by atoms with E-state index in [1.54, 1.807) is 11.8 Å². The molecule has 0 saturated heterocycles. The second kappa shape index (κ2) is 6.34. The minimum absolute atomic E-state index is 0.00986. The van der Waals surface area contributed by atoms with Crippen LogP contribution in [-0.4, -0.2) is 33.7 Å². The maximum atomic E-state index is 12.9. The highest BCUT2D eigenvalue weighted by Crippen LogP contribution is 2.31. The van der Waals surface area contributed by atoms with Crippen LogP contribution in [0.15, 0.2) is 18.3 Å². The zero-order chi connectivity index (χ0) is 14.6. The lowest BCUT2D eigenvalue weighted by atomic mass is 10.1. The molecule has 1 heterocycles. The quantitative estimate of drug-likeness (QED) is 0.898. The molecule has 1 rings (SSSR count). The van der Waals surface area contributed by atoms with Crippen LogP contribution in [0.3, 0.4) is 0 Å². The molecule has 108 valence electrons. The molecule has 6 heteroatoms. The predicted molar refractivity (Wildman–Crippen MR) is 66.5 cm³/mol. The van der Waals surface area contributed by atoms with Gasteiger partial charge in [0.1, 0.15) is 0 Å². The number of alkyl halides is 3. The summed E-state index contributed by atoms with van der Waals surface area (Å²) in [6.45, 7) is 5.74. The Labute approximate surface area is 111 Å². The molecule has 19 heavy (non-hydrogen) atoms. The number of aliphatic hydroxyl groups excluding tert-OH is 1. The highest BCUT2D eigenvalue weighted by molar-refractivity contribution is 5.23. The van der Waals surface area contributed by atoms with Gasteiger partial charge in [0.2, 0.25) is 0 Å². The monoisotopic (exact) mass is 276 g/mol. The summed E-state index contributed by atoms with van der Waals surface area (Å²) in [4.78, 5) is 5.60. The second-order valence-corrected chi connectivity index (χ2v) is 4.87. The first-order valence-corrected chi connectivity index (χ1v) is 6.15. The molecule has 3 nitrogen and oxygen atoms in total. The lowest BCUT2D eigenvalue weighted by Gasteiger charge is -2.28. The van der Waals surface area contributed by atoms with Crippen LogP contribution in [0, 0.1) is 0 Å². The summed E-state index contributed by atoms with van der Waals surface area (Å²) in [5, 5.41) is 9.39. The molecular weight excluding hydrogens is 257 g/mol. The number of halogens is 3. The predicted octanol–water partition coefficient (Wildman–Crippen LogP) is 2.69. The summed E-state index contributed by atoms with van der Waals surface area (Å²) in [6, 6.07) is 2.34. The van der Waals surface area contributed by atoms with E-state index in [-0.39, 0.29) is 18.3 Å². The van der Waals surface area contributed by atoms with Crippen LogP contribution in [0.4, 0.5) is 13.2 Å². The van der Waals surface area contributed by atoms with Gasteiger partial charge >= 0.3 is 6.18 Å². The number of rotatable bonds is 5. The number of hydrogen-bond donors (Lipinski definition) is 1.